The molecule has 0 aromatic carbocycles. The topological polar surface area (TPSA) is 0 Å². The van der Waals surface area contributed by atoms with Gasteiger partial charge in [-0.05, 0) is 0 Å². The number of unbranched alkanes of at least 4 members (excludes halogenated alkanes) is 4. The first-order chi connectivity index (χ1) is 5.81. The van der Waals surface area contributed by atoms with Gasteiger partial charge in [0.2, 0.25) is 0 Å². The molecule has 0 aromatic rings. The van der Waals surface area contributed by atoms with Gasteiger partial charge in [-0.2, -0.15) is 0 Å². The molecule has 12 heavy (non-hydrogen) atoms. The van der Waals surface area contributed by atoms with Crippen LogP contribution < -0.4 is 0 Å². The summed E-state index contributed by atoms with van der Waals surface area (Å²) in [6, 6.07) is 0. The average molecular weight is 164 g/mol. The first-order valence-corrected chi connectivity index (χ1v) is 5.56. The molecule has 0 aliphatic carbocycles. The monoisotopic (exact) mass is 164 g/mol. The van der Waals surface area contributed by atoms with E-state index in [0.717, 1.165) is 0 Å². The Labute approximate surface area is 80.0 Å². The molecule has 0 aliphatic heterocycles. The van der Waals surface area contributed by atoms with Gasteiger partial charge in [0.25, 0.3) is 0 Å². The minimum absolute atomic E-state index is 0.475. The maximum Gasteiger partial charge on any atom is 0.0905 e. The van der Waals surface area contributed by atoms with Crippen LogP contribution in [-0.4, -0.2) is 14.3 Å². The smallest absolute Gasteiger partial charge is 0.0819 e. The van der Waals surface area contributed by atoms with Crippen molar-refractivity contribution >= 4 is 14.3 Å². The highest BCUT2D eigenvalue weighted by molar-refractivity contribution is 7.03. The molecule has 0 aliphatic rings. The van der Waals surface area contributed by atoms with E-state index >= 15 is 0 Å². The van der Waals surface area contributed by atoms with Gasteiger partial charge in [-0.1, -0.05) is 65.0 Å². The molecule has 0 aromatic heterocycles. The van der Waals surface area contributed by atoms with E-state index in [4.69, 9.17) is 7.74 Å². The zero-order valence-corrected chi connectivity index (χ0v) is 8.81. The normalized spacial score (nSPS) is 10.2. The van der Waals surface area contributed by atoms with E-state index < -0.39 is 0 Å². The van der Waals surface area contributed by atoms with Crippen molar-refractivity contribution in [1.82, 2.24) is 0 Å². The van der Waals surface area contributed by atoms with Gasteiger partial charge in [-0.25, -0.2) is 0 Å². The molecule has 0 unspecified atom stereocenters. The van der Waals surface area contributed by atoms with Gasteiger partial charge in [0.15, 0.2) is 0 Å². The van der Waals surface area contributed by atoms with Crippen LogP contribution in [0.3, 0.4) is 0 Å². The van der Waals surface area contributed by atoms with Gasteiger partial charge in [0.05, 0.1) is 6.60 Å². The Hall–Kier alpha value is 0.130. The van der Waals surface area contributed by atoms with Crippen LogP contribution in [0.5, 0.6) is 0 Å². The van der Waals surface area contributed by atoms with Crippen molar-refractivity contribution < 1.29 is 0 Å². The SMILES string of the molecule is [B]B(CCCCC)CCCCC. The highest BCUT2D eigenvalue weighted by atomic mass is 13.9. The van der Waals surface area contributed by atoms with Crippen molar-refractivity contribution in [2.24, 2.45) is 0 Å². The van der Waals surface area contributed by atoms with Gasteiger partial charge in [-0.15, -0.1) is 0 Å². The van der Waals surface area contributed by atoms with Gasteiger partial charge < -0.3 is 0 Å². The highest BCUT2D eigenvalue weighted by Gasteiger charge is 2.03. The van der Waals surface area contributed by atoms with Crippen LogP contribution in [-0.2, 0) is 0 Å². The van der Waals surface area contributed by atoms with Crippen LogP contribution in [0.15, 0.2) is 0 Å². The first kappa shape index (κ1) is 12.1. The molecule has 2 heteroatoms. The fourth-order valence-corrected chi connectivity index (χ4v) is 1.46. The molecule has 0 rings (SSSR count). The van der Waals surface area contributed by atoms with Crippen molar-refractivity contribution in [3.63, 3.8) is 0 Å². The molecule has 2 radical (unpaired) electrons. The van der Waals surface area contributed by atoms with Gasteiger partial charge >= 0.3 is 0 Å². The maximum atomic E-state index is 5.96. The zero-order chi connectivity index (χ0) is 9.23. The predicted molar refractivity (Wildman–Crippen MR) is 60.2 cm³/mol. The third-order valence-corrected chi connectivity index (χ3v) is 2.36. The third kappa shape index (κ3) is 8.23. The van der Waals surface area contributed by atoms with E-state index in [-0.39, 0.29) is 0 Å². The Morgan fingerprint density at radius 3 is 1.58 bits per heavy atom. The second-order valence-corrected chi connectivity index (χ2v) is 3.75. The van der Waals surface area contributed by atoms with Crippen LogP contribution in [0, 0.1) is 0 Å². The van der Waals surface area contributed by atoms with E-state index in [1.807, 2.05) is 0 Å². The zero-order valence-electron chi connectivity index (χ0n) is 8.81. The van der Waals surface area contributed by atoms with Crippen LogP contribution >= 0.6 is 0 Å². The summed E-state index contributed by atoms with van der Waals surface area (Å²) in [5.41, 5.74) is 0. The van der Waals surface area contributed by atoms with Crippen molar-refractivity contribution in [3.8, 4) is 0 Å². The molecule has 0 bridgehead atoms. The lowest BCUT2D eigenvalue weighted by Crippen LogP contribution is -2.11. The lowest BCUT2D eigenvalue weighted by atomic mass is 9.29. The summed E-state index contributed by atoms with van der Waals surface area (Å²) in [4.78, 5) is 0. The van der Waals surface area contributed by atoms with Crippen molar-refractivity contribution in [1.29, 1.82) is 0 Å². The van der Waals surface area contributed by atoms with Crippen molar-refractivity contribution in [3.05, 3.63) is 0 Å². The molecule has 0 fully saturated rings. The standard InChI is InChI=1S/C10H22B2/c1-3-5-7-9-12(11)10-8-6-4-2/h3-10H2,1-2H3. The van der Waals surface area contributed by atoms with E-state index in [1.54, 1.807) is 0 Å². The lowest BCUT2D eigenvalue weighted by molar-refractivity contribution is 0.750. The quantitative estimate of drug-likeness (QED) is 0.380. The van der Waals surface area contributed by atoms with Crippen LogP contribution in [0.4, 0.5) is 0 Å². The molecule has 0 N–H and O–H groups in total. The van der Waals surface area contributed by atoms with Gasteiger partial charge in [0.1, 0.15) is 0 Å². The number of hydrogen-bond donors (Lipinski definition) is 0. The van der Waals surface area contributed by atoms with Crippen molar-refractivity contribution in [2.75, 3.05) is 0 Å². The fraction of sp³-hybridized carbons (Fsp3) is 1.00. The third-order valence-electron chi connectivity index (χ3n) is 2.36. The second kappa shape index (κ2) is 9.22. The Morgan fingerprint density at radius 2 is 1.25 bits per heavy atom. The molecule has 0 spiro atoms. The minimum atomic E-state index is 0.475. The molecule has 0 saturated heterocycles. The summed E-state index contributed by atoms with van der Waals surface area (Å²) in [5, 5.41) is 0. The highest BCUT2D eigenvalue weighted by Crippen LogP contribution is 2.09. The van der Waals surface area contributed by atoms with Crippen LogP contribution in [0.25, 0.3) is 0 Å². The molecule has 0 amide bonds. The van der Waals surface area contributed by atoms with E-state index in [0.29, 0.717) is 6.60 Å². The molecule has 0 heterocycles. The Balaban J connectivity index is 3.04. The van der Waals surface area contributed by atoms with Gasteiger partial charge in [-0.3, -0.25) is 0 Å². The summed E-state index contributed by atoms with van der Waals surface area (Å²) in [5.74, 6) is 0. The molecule has 0 atom stereocenters. The van der Waals surface area contributed by atoms with E-state index in [9.17, 15) is 0 Å². The summed E-state index contributed by atoms with van der Waals surface area (Å²) >= 11 is 0. The molecular weight excluding hydrogens is 142 g/mol. The fourth-order valence-electron chi connectivity index (χ4n) is 1.46. The largest absolute Gasteiger partial charge is 0.0905 e. The number of hydrogen-bond acceptors (Lipinski definition) is 0. The first-order valence-electron chi connectivity index (χ1n) is 5.56. The maximum absolute atomic E-state index is 5.96. The lowest BCUT2D eigenvalue weighted by Gasteiger charge is -2.06. The van der Waals surface area contributed by atoms with Crippen LogP contribution in [0.2, 0.25) is 12.6 Å². The van der Waals surface area contributed by atoms with Crippen molar-refractivity contribution in [2.45, 2.75) is 65.0 Å². The number of rotatable bonds is 8. The van der Waals surface area contributed by atoms with Crippen LogP contribution in [0.1, 0.15) is 52.4 Å². The molecule has 0 saturated carbocycles. The van der Waals surface area contributed by atoms with E-state index in [1.165, 1.54) is 51.2 Å². The Morgan fingerprint density at radius 1 is 0.833 bits per heavy atom. The average Bonchev–Trinajstić information content (AvgIpc) is 2.06. The minimum Gasteiger partial charge on any atom is -0.0819 e. The molecule has 0 nitrogen and oxygen atoms in total. The second-order valence-electron chi connectivity index (χ2n) is 3.75. The predicted octanol–water partition coefficient (Wildman–Crippen LogP) is 3.53. The van der Waals surface area contributed by atoms with Gasteiger partial charge in [0, 0.05) is 7.74 Å². The Bertz CT molecular complexity index is 73.9. The summed E-state index contributed by atoms with van der Waals surface area (Å²) < 4.78 is 0. The molecular formula is C10H22B2. The molecule has 68 valence electrons. The van der Waals surface area contributed by atoms with E-state index in [2.05, 4.69) is 13.8 Å². The Kier molecular flexibility index (Phi) is 9.32. The summed E-state index contributed by atoms with van der Waals surface area (Å²) in [6.07, 6.45) is 10.4. The summed E-state index contributed by atoms with van der Waals surface area (Å²) in [7, 11) is 5.96. The summed E-state index contributed by atoms with van der Waals surface area (Å²) in [6.45, 7) is 4.95.